The lowest BCUT2D eigenvalue weighted by Gasteiger charge is -2.22. The van der Waals surface area contributed by atoms with Gasteiger partial charge in [0.15, 0.2) is 0 Å². The van der Waals surface area contributed by atoms with Gasteiger partial charge in [-0.1, -0.05) is 0 Å². The second-order valence-electron chi connectivity index (χ2n) is 3.30. The van der Waals surface area contributed by atoms with E-state index in [1.807, 2.05) is 0 Å². The smallest absolute Gasteiger partial charge is 0.337 e. The van der Waals surface area contributed by atoms with Crippen LogP contribution in [0.5, 0.6) is 0 Å². The van der Waals surface area contributed by atoms with Crippen LogP contribution in [-0.2, 0) is 22.5 Å². The minimum Gasteiger partial charge on any atom is -0.755 e. The minimum atomic E-state index is -2.40. The van der Waals surface area contributed by atoms with Crippen LogP contribution in [-0.4, -0.2) is 28.9 Å². The van der Waals surface area contributed by atoms with Crippen molar-refractivity contribution in [3.63, 3.8) is 0 Å². The van der Waals surface area contributed by atoms with Crippen LogP contribution >= 0.6 is 0 Å². The summed E-state index contributed by atoms with van der Waals surface area (Å²) in [6, 6.07) is 4.60. The van der Waals surface area contributed by atoms with Gasteiger partial charge in [-0.05, 0) is 23.8 Å². The topological polar surface area (TPSA) is 95.7 Å². The summed E-state index contributed by atoms with van der Waals surface area (Å²) in [4.78, 5) is 11.4. The van der Waals surface area contributed by atoms with E-state index in [0.29, 0.717) is 11.3 Å². The maximum Gasteiger partial charge on any atom is 0.337 e. The number of anilines is 1. The van der Waals surface area contributed by atoms with Crippen molar-refractivity contribution in [1.82, 2.24) is 0 Å². The van der Waals surface area contributed by atoms with Crippen LogP contribution in [0.4, 0.5) is 5.69 Å². The maximum atomic E-state index is 11.4. The Labute approximate surface area is 102 Å². The third kappa shape index (κ3) is 3.26. The summed E-state index contributed by atoms with van der Waals surface area (Å²) in [7, 11) is 2.63. The standard InChI is InChI=1S/C10H14N2O4S/c1-12(17(14)15)9-4-7(6-11)3-8(5-9)10(13)16-2/h3-5H,6,11H2,1-2H3,(H,14,15)/p-1. The molecule has 1 aromatic carbocycles. The van der Waals surface area contributed by atoms with Crippen molar-refractivity contribution in [3.05, 3.63) is 29.3 Å². The van der Waals surface area contributed by atoms with Gasteiger partial charge in [-0.15, -0.1) is 0 Å². The van der Waals surface area contributed by atoms with E-state index in [-0.39, 0.29) is 12.1 Å². The lowest BCUT2D eigenvalue weighted by atomic mass is 10.1. The van der Waals surface area contributed by atoms with E-state index >= 15 is 0 Å². The molecular weight excluding hydrogens is 244 g/mol. The zero-order valence-corrected chi connectivity index (χ0v) is 10.3. The van der Waals surface area contributed by atoms with Gasteiger partial charge in [0.1, 0.15) is 0 Å². The zero-order valence-electron chi connectivity index (χ0n) is 9.50. The van der Waals surface area contributed by atoms with Gasteiger partial charge >= 0.3 is 5.97 Å². The Kier molecular flexibility index (Phi) is 4.62. The molecule has 0 aliphatic heterocycles. The first-order chi connectivity index (χ1) is 7.99. The number of hydrogen-bond donors (Lipinski definition) is 1. The van der Waals surface area contributed by atoms with Gasteiger partial charge < -0.3 is 19.3 Å². The van der Waals surface area contributed by atoms with Crippen LogP contribution < -0.4 is 10.0 Å². The fourth-order valence-electron chi connectivity index (χ4n) is 1.30. The summed E-state index contributed by atoms with van der Waals surface area (Å²) in [5.41, 5.74) is 6.76. The van der Waals surface area contributed by atoms with Gasteiger partial charge in [0.05, 0.1) is 12.7 Å². The van der Waals surface area contributed by atoms with E-state index in [9.17, 15) is 13.6 Å². The Morgan fingerprint density at radius 2 is 2.18 bits per heavy atom. The Balaban J connectivity index is 3.22. The highest BCUT2D eigenvalue weighted by atomic mass is 32.2. The predicted molar refractivity (Wildman–Crippen MR) is 63.0 cm³/mol. The third-order valence-corrected chi connectivity index (χ3v) is 2.88. The minimum absolute atomic E-state index is 0.206. The molecule has 0 heterocycles. The molecule has 0 fully saturated rings. The number of nitrogens with two attached hydrogens (primary N) is 1. The lowest BCUT2D eigenvalue weighted by molar-refractivity contribution is 0.0600. The molecule has 0 amide bonds. The average Bonchev–Trinajstić information content (AvgIpc) is 2.35. The molecule has 2 N–H and O–H groups in total. The van der Waals surface area contributed by atoms with Crippen molar-refractivity contribution in [2.75, 3.05) is 18.5 Å². The van der Waals surface area contributed by atoms with Gasteiger partial charge in [0.25, 0.3) is 0 Å². The number of carbonyl (C=O) groups excluding carboxylic acids is 1. The van der Waals surface area contributed by atoms with E-state index in [2.05, 4.69) is 4.74 Å². The molecule has 0 saturated carbocycles. The highest BCUT2D eigenvalue weighted by molar-refractivity contribution is 7.80. The molecule has 17 heavy (non-hydrogen) atoms. The second kappa shape index (κ2) is 5.76. The summed E-state index contributed by atoms with van der Waals surface area (Å²) in [5.74, 6) is -0.536. The van der Waals surface area contributed by atoms with Gasteiger partial charge in [0.2, 0.25) is 0 Å². The summed E-state index contributed by atoms with van der Waals surface area (Å²) < 4.78 is 27.2. The van der Waals surface area contributed by atoms with E-state index in [0.717, 1.165) is 4.31 Å². The lowest BCUT2D eigenvalue weighted by Crippen LogP contribution is -2.20. The van der Waals surface area contributed by atoms with Crippen molar-refractivity contribution < 1.29 is 18.3 Å². The van der Waals surface area contributed by atoms with E-state index < -0.39 is 17.2 Å². The van der Waals surface area contributed by atoms with E-state index in [1.54, 1.807) is 12.1 Å². The number of carbonyl (C=O) groups is 1. The number of hydrogen-bond acceptors (Lipinski definition) is 5. The van der Waals surface area contributed by atoms with Crippen LogP contribution in [0.3, 0.4) is 0 Å². The fraction of sp³-hybridized carbons (Fsp3) is 0.300. The molecule has 0 bridgehead atoms. The molecule has 7 heteroatoms. The maximum absolute atomic E-state index is 11.4. The molecule has 0 spiro atoms. The Morgan fingerprint density at radius 3 is 2.65 bits per heavy atom. The molecule has 0 saturated heterocycles. The number of rotatable bonds is 4. The molecule has 94 valence electrons. The predicted octanol–water partition coefficient (Wildman–Crippen LogP) is 0.162. The van der Waals surface area contributed by atoms with Crippen LogP contribution in [0.25, 0.3) is 0 Å². The van der Waals surface area contributed by atoms with Gasteiger partial charge in [-0.3, -0.25) is 4.21 Å². The number of benzene rings is 1. The molecule has 1 aromatic rings. The SMILES string of the molecule is COC(=O)c1cc(CN)cc(N(C)S(=O)[O-])c1. The second-order valence-corrected chi connectivity index (χ2v) is 4.28. The number of esters is 1. The first-order valence-electron chi connectivity index (χ1n) is 4.75. The quantitative estimate of drug-likeness (QED) is 0.612. The largest absolute Gasteiger partial charge is 0.755 e. The zero-order chi connectivity index (χ0) is 13.0. The Bertz CT molecular complexity index is 450. The molecule has 1 atom stereocenters. The Hall–Kier alpha value is -1.44. The highest BCUT2D eigenvalue weighted by Gasteiger charge is 2.10. The first kappa shape index (κ1) is 13.6. The molecule has 6 nitrogen and oxygen atoms in total. The monoisotopic (exact) mass is 257 g/mol. The van der Waals surface area contributed by atoms with E-state index in [4.69, 9.17) is 5.73 Å². The summed E-state index contributed by atoms with van der Waals surface area (Å²) in [6.45, 7) is 0.206. The summed E-state index contributed by atoms with van der Waals surface area (Å²) in [6.07, 6.45) is 0. The summed E-state index contributed by atoms with van der Waals surface area (Å²) >= 11 is -2.40. The van der Waals surface area contributed by atoms with Crippen molar-refractivity contribution in [1.29, 1.82) is 0 Å². The van der Waals surface area contributed by atoms with Crippen LogP contribution in [0.2, 0.25) is 0 Å². The number of ether oxygens (including phenoxy) is 1. The van der Waals surface area contributed by atoms with Gasteiger partial charge in [-0.2, -0.15) is 0 Å². The third-order valence-electron chi connectivity index (χ3n) is 2.22. The summed E-state index contributed by atoms with van der Waals surface area (Å²) in [5, 5.41) is 0. The van der Waals surface area contributed by atoms with Crippen molar-refractivity contribution in [2.24, 2.45) is 5.73 Å². The fourth-order valence-corrected chi connectivity index (χ4v) is 1.57. The number of methoxy groups -OCH3 is 1. The van der Waals surface area contributed by atoms with Crippen molar-refractivity contribution >= 4 is 22.9 Å². The Morgan fingerprint density at radius 1 is 1.53 bits per heavy atom. The molecule has 0 aliphatic carbocycles. The van der Waals surface area contributed by atoms with Crippen molar-refractivity contribution in [3.8, 4) is 0 Å². The molecule has 1 rings (SSSR count). The highest BCUT2D eigenvalue weighted by Crippen LogP contribution is 2.19. The normalized spacial score (nSPS) is 12.0. The van der Waals surface area contributed by atoms with Crippen LogP contribution in [0.15, 0.2) is 18.2 Å². The van der Waals surface area contributed by atoms with Crippen LogP contribution in [0, 0.1) is 0 Å². The van der Waals surface area contributed by atoms with E-state index in [1.165, 1.54) is 20.2 Å². The molecule has 0 radical (unpaired) electrons. The van der Waals surface area contributed by atoms with Crippen LogP contribution in [0.1, 0.15) is 15.9 Å². The average molecular weight is 257 g/mol. The molecule has 1 unspecified atom stereocenters. The molecular formula is C10H13N2O4S-. The first-order valence-corrected chi connectivity index (χ1v) is 5.78. The van der Waals surface area contributed by atoms with Crippen molar-refractivity contribution in [2.45, 2.75) is 6.54 Å². The van der Waals surface area contributed by atoms with Gasteiger partial charge in [0, 0.05) is 30.5 Å². The number of nitrogens with zero attached hydrogens (tertiary/aromatic N) is 1. The van der Waals surface area contributed by atoms with Gasteiger partial charge in [-0.25, -0.2) is 4.79 Å². The molecule has 0 aliphatic rings. The molecule has 0 aromatic heterocycles.